The molecular formula is C25H42O4. The van der Waals surface area contributed by atoms with E-state index in [1.807, 2.05) is 20.8 Å². The van der Waals surface area contributed by atoms with Gasteiger partial charge in [-0.2, -0.15) is 0 Å². The molecule has 4 nitrogen and oxygen atoms in total. The molecule has 0 radical (unpaired) electrons. The van der Waals surface area contributed by atoms with Gasteiger partial charge in [-0.3, -0.25) is 9.59 Å². The lowest BCUT2D eigenvalue weighted by Crippen LogP contribution is -2.48. The molecule has 0 amide bonds. The molecule has 7 atom stereocenters. The van der Waals surface area contributed by atoms with Gasteiger partial charge in [0.15, 0.2) is 0 Å². The summed E-state index contributed by atoms with van der Waals surface area (Å²) in [7, 11) is 0. The van der Waals surface area contributed by atoms with Gasteiger partial charge >= 0.3 is 11.9 Å². The number of esters is 2. The van der Waals surface area contributed by atoms with E-state index in [-0.39, 0.29) is 17.4 Å². The summed E-state index contributed by atoms with van der Waals surface area (Å²) in [5.74, 6) is 0.250. The Labute approximate surface area is 177 Å². The monoisotopic (exact) mass is 406 g/mol. The molecule has 0 N–H and O–H groups in total. The van der Waals surface area contributed by atoms with Crippen molar-refractivity contribution in [3.05, 3.63) is 0 Å². The first-order valence-corrected chi connectivity index (χ1v) is 11.6. The van der Waals surface area contributed by atoms with E-state index in [4.69, 9.17) is 9.47 Å². The zero-order valence-electron chi connectivity index (χ0n) is 20.1. The molecule has 0 aromatic carbocycles. The Hall–Kier alpha value is -1.06. The van der Waals surface area contributed by atoms with Crippen LogP contribution in [0.2, 0.25) is 0 Å². The molecule has 0 aromatic rings. The zero-order chi connectivity index (χ0) is 22.0. The van der Waals surface area contributed by atoms with Crippen molar-refractivity contribution in [3.63, 3.8) is 0 Å². The van der Waals surface area contributed by atoms with Gasteiger partial charge in [-0.25, -0.2) is 0 Å². The van der Waals surface area contributed by atoms with Crippen molar-refractivity contribution in [2.45, 2.75) is 106 Å². The standard InChI is InChI=1S/C25H42O4/c1-15-10-11-18-23(7,8)19-14-25(15,18)13-12-24(19,9)29-21(27)17(3)16(2)20(26)28-22(4,5)6/h15-19H,10-14H2,1-9H3. The number of carbonyl (C=O) groups excluding carboxylic acids is 2. The van der Waals surface area contributed by atoms with Crippen LogP contribution in [0.15, 0.2) is 0 Å². The molecule has 4 heteroatoms. The molecule has 166 valence electrons. The van der Waals surface area contributed by atoms with Crippen LogP contribution in [0.5, 0.6) is 0 Å². The van der Waals surface area contributed by atoms with E-state index in [0.29, 0.717) is 11.3 Å². The molecule has 3 aliphatic rings. The van der Waals surface area contributed by atoms with Crippen LogP contribution in [0.3, 0.4) is 0 Å². The summed E-state index contributed by atoms with van der Waals surface area (Å²) in [6, 6.07) is 0. The summed E-state index contributed by atoms with van der Waals surface area (Å²) in [4.78, 5) is 25.5. The smallest absolute Gasteiger partial charge is 0.310 e. The van der Waals surface area contributed by atoms with Gasteiger partial charge in [0.05, 0.1) is 11.8 Å². The minimum atomic E-state index is -0.555. The fraction of sp³-hybridized carbons (Fsp3) is 0.920. The molecule has 0 aliphatic heterocycles. The number of rotatable bonds is 4. The number of hydrogen-bond acceptors (Lipinski definition) is 4. The number of fused-ring (bicyclic) bond motifs is 1. The second-order valence-electron chi connectivity index (χ2n) is 12.2. The fourth-order valence-corrected chi connectivity index (χ4v) is 7.11. The van der Waals surface area contributed by atoms with Crippen LogP contribution in [0.25, 0.3) is 0 Å². The van der Waals surface area contributed by atoms with Crippen molar-refractivity contribution >= 4 is 11.9 Å². The van der Waals surface area contributed by atoms with E-state index >= 15 is 0 Å². The Morgan fingerprint density at radius 1 is 0.931 bits per heavy atom. The molecule has 0 aromatic heterocycles. The molecule has 0 heterocycles. The van der Waals surface area contributed by atoms with E-state index in [1.165, 1.54) is 19.3 Å². The van der Waals surface area contributed by atoms with Crippen molar-refractivity contribution in [1.29, 1.82) is 0 Å². The van der Waals surface area contributed by atoms with Gasteiger partial charge in [0.2, 0.25) is 0 Å². The average Bonchev–Trinajstić information content (AvgIpc) is 3.01. The lowest BCUT2D eigenvalue weighted by atomic mass is 9.64. The van der Waals surface area contributed by atoms with Crippen LogP contribution in [-0.2, 0) is 19.1 Å². The van der Waals surface area contributed by atoms with Crippen LogP contribution in [0, 0.1) is 40.4 Å². The molecule has 29 heavy (non-hydrogen) atoms. The average molecular weight is 407 g/mol. The Kier molecular flexibility index (Phi) is 5.45. The quantitative estimate of drug-likeness (QED) is 0.556. The minimum absolute atomic E-state index is 0.177. The lowest BCUT2D eigenvalue weighted by molar-refractivity contribution is -0.184. The predicted octanol–water partition coefficient (Wildman–Crippen LogP) is 5.77. The third kappa shape index (κ3) is 3.63. The Morgan fingerprint density at radius 3 is 2.10 bits per heavy atom. The Bertz CT molecular complexity index is 675. The van der Waals surface area contributed by atoms with E-state index in [9.17, 15) is 9.59 Å². The first-order valence-electron chi connectivity index (χ1n) is 11.6. The molecule has 3 saturated carbocycles. The summed E-state index contributed by atoms with van der Waals surface area (Å²) in [5, 5.41) is 0. The second kappa shape index (κ2) is 6.99. The SMILES string of the molecule is CC(C(=O)OC(C)(C)C)C(C)C(=O)OC1(C)CCC23CC1C(C)(C)C2CCC3C. The third-order valence-electron chi connectivity index (χ3n) is 9.00. The maximum absolute atomic E-state index is 13.1. The van der Waals surface area contributed by atoms with Crippen molar-refractivity contribution in [2.24, 2.45) is 40.4 Å². The molecular weight excluding hydrogens is 364 g/mol. The van der Waals surface area contributed by atoms with E-state index in [2.05, 4.69) is 27.7 Å². The van der Waals surface area contributed by atoms with Gasteiger partial charge in [0.1, 0.15) is 11.2 Å². The van der Waals surface area contributed by atoms with Gasteiger partial charge < -0.3 is 9.47 Å². The molecule has 3 rings (SSSR count). The minimum Gasteiger partial charge on any atom is -0.460 e. The van der Waals surface area contributed by atoms with E-state index in [1.54, 1.807) is 13.8 Å². The lowest BCUT2D eigenvalue weighted by Gasteiger charge is -2.47. The van der Waals surface area contributed by atoms with E-state index < -0.39 is 23.0 Å². The van der Waals surface area contributed by atoms with Crippen molar-refractivity contribution < 1.29 is 19.1 Å². The number of hydrogen-bond donors (Lipinski definition) is 0. The largest absolute Gasteiger partial charge is 0.460 e. The van der Waals surface area contributed by atoms with Gasteiger partial charge in [0.25, 0.3) is 0 Å². The summed E-state index contributed by atoms with van der Waals surface area (Å²) < 4.78 is 11.7. The predicted molar refractivity (Wildman–Crippen MR) is 114 cm³/mol. The highest BCUT2D eigenvalue weighted by Crippen LogP contribution is 2.73. The van der Waals surface area contributed by atoms with E-state index in [0.717, 1.165) is 24.7 Å². The highest BCUT2D eigenvalue weighted by Gasteiger charge is 2.69. The number of ether oxygens (including phenoxy) is 2. The van der Waals surface area contributed by atoms with Gasteiger partial charge in [0, 0.05) is 5.92 Å². The van der Waals surface area contributed by atoms with Crippen LogP contribution in [-0.4, -0.2) is 23.1 Å². The summed E-state index contributed by atoms with van der Waals surface area (Å²) in [5.41, 5.74) is -0.384. The Balaban J connectivity index is 1.73. The van der Waals surface area contributed by atoms with Crippen molar-refractivity contribution in [1.82, 2.24) is 0 Å². The highest BCUT2D eigenvalue weighted by atomic mass is 16.6. The van der Waals surface area contributed by atoms with Gasteiger partial charge in [-0.15, -0.1) is 0 Å². The second-order valence-corrected chi connectivity index (χ2v) is 12.2. The first-order chi connectivity index (χ1) is 13.1. The maximum Gasteiger partial charge on any atom is 0.310 e. The fourth-order valence-electron chi connectivity index (χ4n) is 7.11. The third-order valence-corrected chi connectivity index (χ3v) is 9.00. The van der Waals surface area contributed by atoms with Gasteiger partial charge in [-0.05, 0) is 82.5 Å². The molecule has 0 saturated heterocycles. The van der Waals surface area contributed by atoms with Crippen molar-refractivity contribution in [2.75, 3.05) is 0 Å². The number of carbonyl (C=O) groups is 2. The molecule has 1 spiro atoms. The first kappa shape index (κ1) is 22.6. The normalized spacial score (nSPS) is 40.1. The summed E-state index contributed by atoms with van der Waals surface area (Å²) in [6.07, 6.45) is 5.90. The maximum atomic E-state index is 13.1. The topological polar surface area (TPSA) is 52.6 Å². The molecule has 2 bridgehead atoms. The van der Waals surface area contributed by atoms with Gasteiger partial charge in [-0.1, -0.05) is 34.6 Å². The highest BCUT2D eigenvalue weighted by molar-refractivity contribution is 5.82. The van der Waals surface area contributed by atoms with Crippen LogP contribution < -0.4 is 0 Å². The summed E-state index contributed by atoms with van der Waals surface area (Å²) >= 11 is 0. The molecule has 3 aliphatic carbocycles. The Morgan fingerprint density at radius 2 is 1.52 bits per heavy atom. The van der Waals surface area contributed by atoms with Crippen LogP contribution >= 0.6 is 0 Å². The zero-order valence-corrected chi connectivity index (χ0v) is 20.1. The molecule has 7 unspecified atom stereocenters. The van der Waals surface area contributed by atoms with Crippen LogP contribution in [0.1, 0.15) is 94.4 Å². The summed E-state index contributed by atoms with van der Waals surface area (Å²) in [6.45, 7) is 18.5. The molecule has 3 fully saturated rings. The van der Waals surface area contributed by atoms with Crippen molar-refractivity contribution in [3.8, 4) is 0 Å². The van der Waals surface area contributed by atoms with Crippen LogP contribution in [0.4, 0.5) is 0 Å².